The molecule has 0 bridgehead atoms. The molecule has 4 aromatic heterocycles. The molecule has 77 heavy (non-hydrogen) atoms. The second-order valence-electron chi connectivity index (χ2n) is 19.9. The minimum Gasteiger partial charge on any atom is -0.309 e. The Hall–Kier alpha value is -10.1. The summed E-state index contributed by atoms with van der Waals surface area (Å²) in [6.45, 7) is 1.73. The van der Waals surface area contributed by atoms with Crippen molar-refractivity contribution in [1.29, 1.82) is 5.26 Å². The van der Waals surface area contributed by atoms with Crippen LogP contribution in [0.15, 0.2) is 237 Å². The highest BCUT2D eigenvalue weighted by Gasteiger charge is 2.35. The van der Waals surface area contributed by atoms with Gasteiger partial charge in [-0.25, -0.2) is 0 Å². The molecule has 0 atom stereocenters. The van der Waals surface area contributed by atoms with Gasteiger partial charge in [0.25, 0.3) is 0 Å². The highest BCUT2D eigenvalue weighted by molar-refractivity contribution is 6.21. The molecule has 4 heterocycles. The highest BCUT2D eigenvalue weighted by Crippen LogP contribution is 2.48. The van der Waals surface area contributed by atoms with E-state index in [0.717, 1.165) is 105 Å². The third-order valence-corrected chi connectivity index (χ3v) is 15.7. The average Bonchev–Trinajstić information content (AvgIpc) is 4.39. The van der Waals surface area contributed by atoms with Crippen LogP contribution in [0.5, 0.6) is 0 Å². The van der Waals surface area contributed by atoms with E-state index in [1.807, 2.05) is 91.0 Å². The summed E-state index contributed by atoms with van der Waals surface area (Å²) >= 11 is 0. The van der Waals surface area contributed by atoms with E-state index < -0.39 is 11.7 Å². The van der Waals surface area contributed by atoms with Crippen molar-refractivity contribution in [3.8, 4) is 51.1 Å². The van der Waals surface area contributed by atoms with Gasteiger partial charge in [0.1, 0.15) is 0 Å². The molecular formula is C69H42F3N5. The number of hydrogen-bond donors (Lipinski definition) is 0. The summed E-state index contributed by atoms with van der Waals surface area (Å²) < 4.78 is 54.9. The molecule has 0 aliphatic carbocycles. The Morgan fingerprint density at radius 2 is 0.779 bits per heavy atom. The number of benzene rings is 11. The zero-order valence-corrected chi connectivity index (χ0v) is 41.4. The van der Waals surface area contributed by atoms with Crippen molar-refractivity contribution in [3.05, 3.63) is 253 Å². The molecule has 0 spiro atoms. The first-order chi connectivity index (χ1) is 37.7. The molecule has 0 N–H and O–H groups in total. The molecule has 8 heteroatoms. The molecule has 0 fully saturated rings. The Morgan fingerprint density at radius 3 is 1.26 bits per heavy atom. The van der Waals surface area contributed by atoms with Crippen molar-refractivity contribution >= 4 is 87.2 Å². The summed E-state index contributed by atoms with van der Waals surface area (Å²) in [6, 6.07) is 81.7. The fourth-order valence-corrected chi connectivity index (χ4v) is 12.6. The molecule has 15 rings (SSSR count). The molecule has 0 radical (unpaired) electrons. The van der Waals surface area contributed by atoms with E-state index >= 15 is 13.2 Å². The second-order valence-corrected chi connectivity index (χ2v) is 19.9. The second kappa shape index (κ2) is 16.7. The minimum absolute atomic E-state index is 0.0908. The van der Waals surface area contributed by atoms with Crippen LogP contribution in [0, 0.1) is 18.3 Å². The number of hydrogen-bond acceptors (Lipinski definition) is 1. The number of para-hydroxylation sites is 6. The van der Waals surface area contributed by atoms with E-state index in [1.165, 1.54) is 6.07 Å². The molecule has 0 aliphatic heterocycles. The number of alkyl halides is 3. The standard InChI is InChI=1S/C69H42F3N5/c1-42-18-16-28-56(69(70,71)72)67(42)43-34-35-61(76-59-31-14-10-26-49(59)53-37-51-47-24-8-12-29-57(47)74(63(51)39-65(53)76)45-20-4-2-5-21-45)55(36-43)68-44(41-73)19-17-33-62(68)77-60-32-15-11-27-50(60)54-38-52-48-25-9-13-30-58(48)75(64(52)40-66(54)77)46-22-6-3-7-23-46/h2-40H,1H3. The number of aromatic nitrogens is 4. The Balaban J connectivity index is 1.09. The Bertz CT molecular complexity index is 4990. The summed E-state index contributed by atoms with van der Waals surface area (Å²) in [4.78, 5) is 0. The summed E-state index contributed by atoms with van der Waals surface area (Å²) in [5.74, 6) is 0. The lowest BCUT2D eigenvalue weighted by Crippen LogP contribution is -2.09. The maximum absolute atomic E-state index is 15.3. The lowest BCUT2D eigenvalue weighted by molar-refractivity contribution is -0.137. The van der Waals surface area contributed by atoms with Gasteiger partial charge in [0.15, 0.2) is 0 Å². The van der Waals surface area contributed by atoms with E-state index in [-0.39, 0.29) is 5.56 Å². The maximum atomic E-state index is 15.3. The van der Waals surface area contributed by atoms with Gasteiger partial charge >= 0.3 is 6.18 Å². The number of rotatable bonds is 6. The first-order valence-electron chi connectivity index (χ1n) is 25.6. The van der Waals surface area contributed by atoms with Gasteiger partial charge < -0.3 is 18.3 Å². The molecule has 15 aromatic rings. The Kier molecular flexibility index (Phi) is 9.63. The monoisotopic (exact) mass is 997 g/mol. The first kappa shape index (κ1) is 44.4. The van der Waals surface area contributed by atoms with Crippen LogP contribution >= 0.6 is 0 Å². The molecule has 11 aromatic carbocycles. The number of aryl methyl sites for hydroxylation is 1. The zero-order valence-electron chi connectivity index (χ0n) is 41.4. The fraction of sp³-hybridized carbons (Fsp3) is 0.0290. The predicted octanol–water partition coefficient (Wildman–Crippen LogP) is 18.6. The van der Waals surface area contributed by atoms with Crippen LogP contribution < -0.4 is 0 Å². The molecule has 0 unspecified atom stereocenters. The molecule has 0 aliphatic rings. The zero-order chi connectivity index (χ0) is 51.7. The van der Waals surface area contributed by atoms with Gasteiger partial charge in [0, 0.05) is 65.6 Å². The lowest BCUT2D eigenvalue weighted by atomic mass is 9.89. The predicted molar refractivity (Wildman–Crippen MR) is 309 cm³/mol. The highest BCUT2D eigenvalue weighted by atomic mass is 19.4. The topological polar surface area (TPSA) is 43.5 Å². The van der Waals surface area contributed by atoms with Crippen LogP contribution in [0.25, 0.3) is 132 Å². The van der Waals surface area contributed by atoms with E-state index in [0.29, 0.717) is 39.2 Å². The molecule has 0 saturated heterocycles. The van der Waals surface area contributed by atoms with Crippen molar-refractivity contribution in [2.75, 3.05) is 0 Å². The van der Waals surface area contributed by atoms with Crippen LogP contribution in [0.1, 0.15) is 16.7 Å². The van der Waals surface area contributed by atoms with Crippen molar-refractivity contribution in [3.63, 3.8) is 0 Å². The van der Waals surface area contributed by atoms with Crippen molar-refractivity contribution in [2.45, 2.75) is 13.1 Å². The van der Waals surface area contributed by atoms with Crippen molar-refractivity contribution in [2.24, 2.45) is 0 Å². The SMILES string of the molecule is Cc1cccc(C(F)(F)F)c1-c1ccc(-n2c3ccccc3c3cc4c5ccccc5n(-c5ccccc5)c4cc32)c(-c2c(C#N)cccc2-n2c3ccccc3c3cc4c5ccccc5n(-c5ccccc5)c4cc32)c1. The normalized spacial score (nSPS) is 12.1. The third kappa shape index (κ3) is 6.54. The minimum atomic E-state index is -4.64. The van der Waals surface area contributed by atoms with E-state index in [9.17, 15) is 5.26 Å². The van der Waals surface area contributed by atoms with E-state index in [1.54, 1.807) is 13.0 Å². The van der Waals surface area contributed by atoms with Crippen LogP contribution in [0.4, 0.5) is 13.2 Å². The lowest BCUT2D eigenvalue weighted by Gasteiger charge is -2.22. The molecule has 364 valence electrons. The maximum Gasteiger partial charge on any atom is 0.417 e. The summed E-state index contributed by atoms with van der Waals surface area (Å²) in [7, 11) is 0. The van der Waals surface area contributed by atoms with Crippen molar-refractivity contribution in [1.82, 2.24) is 18.3 Å². The van der Waals surface area contributed by atoms with E-state index in [4.69, 9.17) is 0 Å². The van der Waals surface area contributed by atoms with Crippen molar-refractivity contribution < 1.29 is 13.2 Å². The van der Waals surface area contributed by atoms with Crippen LogP contribution in [0.3, 0.4) is 0 Å². The van der Waals surface area contributed by atoms with Gasteiger partial charge in [-0.1, -0.05) is 133 Å². The summed E-state index contributed by atoms with van der Waals surface area (Å²) in [6.07, 6.45) is -4.64. The quantitative estimate of drug-likeness (QED) is 0.164. The fourth-order valence-electron chi connectivity index (χ4n) is 12.6. The number of halogens is 3. The Labute approximate surface area is 439 Å². The molecule has 0 amide bonds. The van der Waals surface area contributed by atoms with E-state index in [2.05, 4.69) is 152 Å². The van der Waals surface area contributed by atoms with Gasteiger partial charge in [-0.15, -0.1) is 0 Å². The van der Waals surface area contributed by atoms with Gasteiger partial charge in [0.2, 0.25) is 0 Å². The number of nitrogens with zero attached hydrogens (tertiary/aromatic N) is 5. The smallest absolute Gasteiger partial charge is 0.309 e. The average molecular weight is 998 g/mol. The van der Waals surface area contributed by atoms with Gasteiger partial charge in [-0.05, 0) is 127 Å². The van der Waals surface area contributed by atoms with Gasteiger partial charge in [0.05, 0.1) is 72.7 Å². The summed E-state index contributed by atoms with van der Waals surface area (Å²) in [5, 5.41) is 20.0. The van der Waals surface area contributed by atoms with Crippen LogP contribution in [-0.2, 0) is 6.18 Å². The van der Waals surface area contributed by atoms with Crippen LogP contribution in [-0.4, -0.2) is 18.3 Å². The van der Waals surface area contributed by atoms with Gasteiger partial charge in [-0.3, -0.25) is 0 Å². The molecular weight excluding hydrogens is 956 g/mol. The van der Waals surface area contributed by atoms with Crippen LogP contribution in [0.2, 0.25) is 0 Å². The third-order valence-electron chi connectivity index (χ3n) is 15.7. The Morgan fingerprint density at radius 1 is 0.351 bits per heavy atom. The largest absolute Gasteiger partial charge is 0.417 e. The van der Waals surface area contributed by atoms with Gasteiger partial charge in [-0.2, -0.15) is 18.4 Å². The summed E-state index contributed by atoms with van der Waals surface area (Å²) in [5.41, 5.74) is 13.1. The molecule has 5 nitrogen and oxygen atoms in total. The first-order valence-corrected chi connectivity index (χ1v) is 25.6. The number of nitriles is 1. The number of fused-ring (bicyclic) bond motifs is 12. The molecule has 0 saturated carbocycles.